The number of rotatable bonds is 3. The molecule has 2 heterocycles. The zero-order valence-corrected chi connectivity index (χ0v) is 12.4. The second-order valence-corrected chi connectivity index (χ2v) is 6.32. The maximum absolute atomic E-state index is 12.3. The van der Waals surface area contributed by atoms with E-state index in [1.54, 1.807) is 0 Å². The van der Waals surface area contributed by atoms with Crippen LogP contribution in [0.5, 0.6) is 0 Å². The van der Waals surface area contributed by atoms with Crippen LogP contribution in [0.4, 0.5) is 0 Å². The third-order valence-corrected chi connectivity index (χ3v) is 4.04. The lowest BCUT2D eigenvalue weighted by Gasteiger charge is -2.42. The molecule has 0 radical (unpaired) electrons. The molecule has 1 spiro atoms. The summed E-state index contributed by atoms with van der Waals surface area (Å²) in [5.41, 5.74) is -0.755. The van der Waals surface area contributed by atoms with E-state index in [2.05, 4.69) is 43.3 Å². The molecule has 2 aliphatic heterocycles. The zero-order chi connectivity index (χ0) is 14.1. The maximum atomic E-state index is 12.3. The Hall–Kier alpha value is -1.10. The molecule has 2 N–H and O–H groups in total. The van der Waals surface area contributed by atoms with E-state index in [9.17, 15) is 4.79 Å². The Bertz CT molecular complexity index is 394. The summed E-state index contributed by atoms with van der Waals surface area (Å²) in [7, 11) is 0. The van der Waals surface area contributed by atoms with Gasteiger partial charge in [0.05, 0.1) is 12.2 Å². The van der Waals surface area contributed by atoms with Gasteiger partial charge in [-0.1, -0.05) is 20.8 Å². The molecular weight excluding hydrogens is 242 g/mol. The number of hydrogen-bond acceptors (Lipinski definition) is 3. The second-order valence-electron chi connectivity index (χ2n) is 6.32. The van der Waals surface area contributed by atoms with Crippen molar-refractivity contribution in [3.05, 3.63) is 0 Å². The van der Waals surface area contributed by atoms with Crippen molar-refractivity contribution in [1.29, 1.82) is 0 Å². The van der Waals surface area contributed by atoms with E-state index in [-0.39, 0.29) is 11.5 Å². The van der Waals surface area contributed by atoms with Gasteiger partial charge in [-0.05, 0) is 19.3 Å². The fraction of sp³-hybridized carbons (Fsp3) is 0.857. The number of guanidine groups is 1. The number of carbonyl (C=O) groups is 1. The molecule has 0 aromatic heterocycles. The van der Waals surface area contributed by atoms with E-state index in [0.717, 1.165) is 13.0 Å². The highest BCUT2D eigenvalue weighted by molar-refractivity contribution is 6.09. The Morgan fingerprint density at radius 3 is 2.84 bits per heavy atom. The largest absolute Gasteiger partial charge is 0.375 e. The van der Waals surface area contributed by atoms with Crippen LogP contribution in [0, 0.1) is 5.92 Å². The van der Waals surface area contributed by atoms with Crippen LogP contribution in [-0.2, 0) is 9.53 Å². The van der Waals surface area contributed by atoms with Gasteiger partial charge in [0, 0.05) is 19.4 Å². The van der Waals surface area contributed by atoms with E-state index in [1.165, 1.54) is 0 Å². The Morgan fingerprint density at radius 1 is 1.47 bits per heavy atom. The van der Waals surface area contributed by atoms with Crippen molar-refractivity contribution in [2.24, 2.45) is 10.9 Å². The van der Waals surface area contributed by atoms with Crippen LogP contribution in [0.15, 0.2) is 4.99 Å². The minimum absolute atomic E-state index is 0.0398. The molecule has 1 amide bonds. The Labute approximate surface area is 115 Å². The number of aliphatic imine (C=N–C) groups is 1. The fourth-order valence-electron chi connectivity index (χ4n) is 2.67. The van der Waals surface area contributed by atoms with E-state index in [1.807, 2.05) is 0 Å². The van der Waals surface area contributed by atoms with Gasteiger partial charge in [0.25, 0.3) is 5.91 Å². The van der Waals surface area contributed by atoms with Crippen molar-refractivity contribution >= 4 is 11.9 Å². The standard InChI is InChI=1S/C14H25N3O2/c1-5-13(4)9-14(6-7-19-13)11(18)16-12(17-14)15-8-10(2)3/h10H,5-9H2,1-4H3,(H2,15,16,17,18). The predicted molar refractivity (Wildman–Crippen MR) is 75.0 cm³/mol. The van der Waals surface area contributed by atoms with Crippen LogP contribution in [-0.4, -0.2) is 36.2 Å². The minimum Gasteiger partial charge on any atom is -0.375 e. The first-order valence-corrected chi connectivity index (χ1v) is 7.17. The molecule has 108 valence electrons. The fourth-order valence-corrected chi connectivity index (χ4v) is 2.67. The molecule has 0 saturated carbocycles. The number of nitrogens with zero attached hydrogens (tertiary/aromatic N) is 1. The summed E-state index contributed by atoms with van der Waals surface area (Å²) in [5.74, 6) is 1.15. The first-order chi connectivity index (χ1) is 8.89. The lowest BCUT2D eigenvalue weighted by molar-refractivity contribution is -0.138. The number of ether oxygens (including phenoxy) is 1. The van der Waals surface area contributed by atoms with Crippen molar-refractivity contribution in [2.45, 2.75) is 58.1 Å². The highest BCUT2D eigenvalue weighted by atomic mass is 16.5. The van der Waals surface area contributed by atoms with Gasteiger partial charge in [0.2, 0.25) is 0 Å². The van der Waals surface area contributed by atoms with Crippen LogP contribution in [0.2, 0.25) is 0 Å². The third-order valence-electron chi connectivity index (χ3n) is 4.04. The maximum Gasteiger partial charge on any atom is 0.252 e. The van der Waals surface area contributed by atoms with E-state index in [4.69, 9.17) is 4.74 Å². The first-order valence-electron chi connectivity index (χ1n) is 7.17. The molecule has 2 aliphatic rings. The van der Waals surface area contributed by atoms with Crippen LogP contribution >= 0.6 is 0 Å². The molecule has 2 rings (SSSR count). The molecule has 0 bridgehead atoms. The van der Waals surface area contributed by atoms with Crippen LogP contribution < -0.4 is 10.6 Å². The lowest BCUT2D eigenvalue weighted by Crippen LogP contribution is -2.57. The quantitative estimate of drug-likeness (QED) is 0.813. The van der Waals surface area contributed by atoms with Gasteiger partial charge in [0.1, 0.15) is 5.54 Å². The zero-order valence-electron chi connectivity index (χ0n) is 12.4. The molecule has 0 aromatic carbocycles. The number of amides is 1. The summed E-state index contributed by atoms with van der Waals surface area (Å²) < 4.78 is 5.82. The van der Waals surface area contributed by atoms with Gasteiger partial charge in [-0.2, -0.15) is 0 Å². The van der Waals surface area contributed by atoms with Crippen molar-refractivity contribution in [3.63, 3.8) is 0 Å². The van der Waals surface area contributed by atoms with Gasteiger partial charge in [-0.25, -0.2) is 0 Å². The summed E-state index contributed by atoms with van der Waals surface area (Å²) in [6.45, 7) is 9.73. The summed E-state index contributed by atoms with van der Waals surface area (Å²) in [6, 6.07) is 0. The van der Waals surface area contributed by atoms with Crippen molar-refractivity contribution in [1.82, 2.24) is 10.6 Å². The van der Waals surface area contributed by atoms with Gasteiger partial charge in [-0.3, -0.25) is 15.1 Å². The summed E-state index contributed by atoms with van der Waals surface area (Å²) in [6.07, 6.45) is 2.31. The summed E-state index contributed by atoms with van der Waals surface area (Å²) in [4.78, 5) is 16.7. The highest BCUT2D eigenvalue weighted by Gasteiger charge is 2.51. The molecule has 2 saturated heterocycles. The van der Waals surface area contributed by atoms with Crippen molar-refractivity contribution in [2.75, 3.05) is 13.2 Å². The average molecular weight is 267 g/mol. The predicted octanol–water partition coefficient (Wildman–Crippen LogP) is 1.44. The number of hydrogen-bond donors (Lipinski definition) is 2. The molecule has 0 aliphatic carbocycles. The molecule has 19 heavy (non-hydrogen) atoms. The topological polar surface area (TPSA) is 62.7 Å². The SMILES string of the molecule is CCC1(C)CC2(CCO1)NC(=NCC(C)C)NC2=O. The van der Waals surface area contributed by atoms with Gasteiger partial charge in [-0.15, -0.1) is 0 Å². The van der Waals surface area contributed by atoms with Crippen LogP contribution in [0.25, 0.3) is 0 Å². The van der Waals surface area contributed by atoms with Crippen molar-refractivity contribution in [3.8, 4) is 0 Å². The van der Waals surface area contributed by atoms with Crippen LogP contribution in [0.3, 0.4) is 0 Å². The molecule has 2 fully saturated rings. The number of carbonyl (C=O) groups excluding carboxylic acids is 1. The highest BCUT2D eigenvalue weighted by Crippen LogP contribution is 2.36. The Kier molecular flexibility index (Phi) is 3.85. The van der Waals surface area contributed by atoms with Crippen molar-refractivity contribution < 1.29 is 9.53 Å². The molecule has 5 nitrogen and oxygen atoms in total. The van der Waals surface area contributed by atoms with Gasteiger partial charge >= 0.3 is 0 Å². The Morgan fingerprint density at radius 2 is 2.21 bits per heavy atom. The van der Waals surface area contributed by atoms with Crippen LogP contribution in [0.1, 0.15) is 47.0 Å². The van der Waals surface area contributed by atoms with E-state index >= 15 is 0 Å². The molecule has 2 unspecified atom stereocenters. The molecule has 0 aromatic rings. The van der Waals surface area contributed by atoms with E-state index < -0.39 is 5.54 Å². The monoisotopic (exact) mass is 267 g/mol. The first kappa shape index (κ1) is 14.3. The number of nitrogens with one attached hydrogen (secondary N) is 2. The van der Waals surface area contributed by atoms with Gasteiger partial charge in [0.15, 0.2) is 5.96 Å². The van der Waals surface area contributed by atoms with Gasteiger partial charge < -0.3 is 10.1 Å². The third kappa shape index (κ3) is 2.91. The molecule has 2 atom stereocenters. The Balaban J connectivity index is 2.12. The average Bonchev–Trinajstić information content (AvgIpc) is 2.63. The smallest absolute Gasteiger partial charge is 0.252 e. The summed E-state index contributed by atoms with van der Waals surface area (Å²) in [5, 5.41) is 6.19. The minimum atomic E-state index is -0.529. The molecule has 5 heteroatoms. The lowest BCUT2D eigenvalue weighted by atomic mass is 9.79. The summed E-state index contributed by atoms with van der Waals surface area (Å²) >= 11 is 0. The van der Waals surface area contributed by atoms with E-state index in [0.29, 0.717) is 31.3 Å². The normalized spacial score (nSPS) is 36.9. The second kappa shape index (κ2) is 5.12. The molecular formula is C14H25N3O2.